The second-order valence-electron chi connectivity index (χ2n) is 15.7. The molecule has 2 amide bonds. The molecular formula is C36H57N3O29. The first kappa shape index (κ1) is 55.4. The molecule has 0 aromatic rings. The molecule has 32 nitrogen and oxygen atoms in total. The van der Waals surface area contributed by atoms with Gasteiger partial charge in [0, 0.05) is 20.4 Å². The highest BCUT2D eigenvalue weighted by atomic mass is 16.8. The molecule has 5 heterocycles. The van der Waals surface area contributed by atoms with Crippen molar-refractivity contribution in [3.63, 3.8) is 0 Å². The van der Waals surface area contributed by atoms with Crippen LogP contribution in [0.3, 0.4) is 0 Å². The van der Waals surface area contributed by atoms with Gasteiger partial charge in [-0.05, 0) is 0 Å². The summed E-state index contributed by atoms with van der Waals surface area (Å²) >= 11 is 0. The molecule has 68 heavy (non-hydrogen) atoms. The fourth-order valence-electron chi connectivity index (χ4n) is 7.86. The third-order valence-corrected chi connectivity index (χ3v) is 11.1. The van der Waals surface area contributed by atoms with Crippen LogP contribution in [0.1, 0.15) is 13.8 Å². The summed E-state index contributed by atoms with van der Waals surface area (Å²) in [5.41, 5.74) is 5.42. The van der Waals surface area contributed by atoms with E-state index in [1.807, 2.05) is 0 Å². The van der Waals surface area contributed by atoms with Crippen LogP contribution in [0.4, 0.5) is 0 Å². The van der Waals surface area contributed by atoms with Gasteiger partial charge in [-0.2, -0.15) is 0 Å². The van der Waals surface area contributed by atoms with Crippen molar-refractivity contribution in [3.05, 3.63) is 0 Å². The van der Waals surface area contributed by atoms with Gasteiger partial charge >= 0.3 is 0 Å². The van der Waals surface area contributed by atoms with Crippen LogP contribution >= 0.6 is 0 Å². The van der Waals surface area contributed by atoms with Crippen molar-refractivity contribution in [2.75, 3.05) is 26.4 Å². The third-order valence-electron chi connectivity index (χ3n) is 11.1. The number of ether oxygens (including phenoxy) is 13. The Morgan fingerprint density at radius 3 is 1.22 bits per heavy atom. The van der Waals surface area contributed by atoms with Gasteiger partial charge in [0.15, 0.2) is 43.7 Å². The number of hydrogen-bond donors (Lipinski definition) is 14. The summed E-state index contributed by atoms with van der Waals surface area (Å²) in [6, 6.07) is -3.48. The summed E-state index contributed by atoms with van der Waals surface area (Å²) < 4.78 is 70.6. The SMILES string of the molecule is CC(=O)N[C@H]1C(O)[C@H](O[C@@H]2OC(OC=O)[C@@H](O)C(O)[C@@H]2O)C(CO)O[C@@H]1O[C@@H]1C(OC=O)O[C@@H](O[C@@H]2C(CO)O[C@H](O[C@@H]3C(OC=O)O[C@@H](OCCN)[C@@H](O)C3O)[C@@H](NC(C)=O)C2O)[C@@H](O)C1O. The molecule has 5 saturated heterocycles. The van der Waals surface area contributed by atoms with Gasteiger partial charge in [0.25, 0.3) is 19.4 Å². The Labute approximate surface area is 383 Å². The van der Waals surface area contributed by atoms with Crippen molar-refractivity contribution >= 4 is 31.2 Å². The number of rotatable bonds is 21. The predicted molar refractivity (Wildman–Crippen MR) is 203 cm³/mol. The standard InChI is InChI=1S/C36H57N3O29/c1-10(45)38-14-16(47)25(62-33-22(53)18(49)21(52)32(66-33)57-7-42)12(5-40)60-30(14)65-28-20(51)24(55)34(68-36(28)59-9-44)63-26-13(6-41)61-29(15(17(26)48)39-11(2)46)64-27-19(50)23(54)31(56-4-3-37)67-35(27)58-8-43/h7-9,12-36,40-41,47-55H,3-6,37H2,1-2H3,(H,38,45)(H,39,46)/t12?,13?,14-,15-,16?,17?,18?,19?,20?,21-,22-,23-,24-,25+,26+,27-,28-,29+,30+,31+,32?,33+,34+,35?,36?/m0/s1. The van der Waals surface area contributed by atoms with Gasteiger partial charge in [-0.3, -0.25) is 24.0 Å². The molecule has 0 saturated carbocycles. The smallest absolute Gasteiger partial charge is 0.295 e. The zero-order chi connectivity index (χ0) is 50.1. The minimum atomic E-state index is -2.26. The summed E-state index contributed by atoms with van der Waals surface area (Å²) in [4.78, 5) is 58.8. The molecule has 0 spiro atoms. The van der Waals surface area contributed by atoms with E-state index < -0.39 is 179 Å². The Balaban J connectivity index is 1.34. The first-order valence-corrected chi connectivity index (χ1v) is 20.7. The highest BCUT2D eigenvalue weighted by Crippen LogP contribution is 2.36. The second kappa shape index (κ2) is 25.0. The fourth-order valence-corrected chi connectivity index (χ4v) is 7.86. The van der Waals surface area contributed by atoms with Crippen molar-refractivity contribution in [1.82, 2.24) is 10.6 Å². The van der Waals surface area contributed by atoms with E-state index >= 15 is 0 Å². The van der Waals surface area contributed by atoms with Gasteiger partial charge < -0.3 is 134 Å². The molecule has 32 heteroatoms. The van der Waals surface area contributed by atoms with Crippen LogP contribution in [0.2, 0.25) is 0 Å². The molecule has 5 aliphatic rings. The van der Waals surface area contributed by atoms with Crippen molar-refractivity contribution in [3.8, 4) is 0 Å². The zero-order valence-electron chi connectivity index (χ0n) is 35.8. The fraction of sp³-hybridized carbons (Fsp3) is 0.861. The number of nitrogens with two attached hydrogens (primary N) is 1. The average Bonchev–Trinajstić information content (AvgIpc) is 3.30. The van der Waals surface area contributed by atoms with Crippen LogP contribution < -0.4 is 16.4 Å². The lowest BCUT2D eigenvalue weighted by atomic mass is 9.95. The highest BCUT2D eigenvalue weighted by molar-refractivity contribution is 5.73. The summed E-state index contributed by atoms with van der Waals surface area (Å²) in [6.45, 7) is -0.633. The lowest BCUT2D eigenvalue weighted by molar-refractivity contribution is -0.402. The molecule has 10 unspecified atom stereocenters. The number of carbonyl (C=O) groups is 5. The quantitative estimate of drug-likeness (QED) is 0.0375. The molecule has 0 aromatic heterocycles. The number of nitrogens with one attached hydrogen (secondary N) is 2. The van der Waals surface area contributed by atoms with Gasteiger partial charge in [-0.15, -0.1) is 0 Å². The molecule has 0 aliphatic carbocycles. The first-order chi connectivity index (χ1) is 32.3. The van der Waals surface area contributed by atoms with Crippen LogP contribution in [0.15, 0.2) is 0 Å². The minimum absolute atomic E-state index is 0.0265. The van der Waals surface area contributed by atoms with E-state index in [0.29, 0.717) is 0 Å². The van der Waals surface area contributed by atoms with Crippen LogP contribution in [0.25, 0.3) is 0 Å². The molecule has 5 rings (SSSR count). The van der Waals surface area contributed by atoms with E-state index in [9.17, 15) is 80.1 Å². The number of aliphatic hydroxyl groups excluding tert-OH is 11. The lowest BCUT2D eigenvalue weighted by Gasteiger charge is -2.50. The largest absolute Gasteiger partial charge is 0.435 e. The molecule has 0 aromatic carbocycles. The van der Waals surface area contributed by atoms with E-state index in [1.54, 1.807) is 0 Å². The summed E-state index contributed by atoms with van der Waals surface area (Å²) in [5, 5.41) is 124. The minimum Gasteiger partial charge on any atom is -0.435 e. The van der Waals surface area contributed by atoms with Crippen LogP contribution in [-0.4, -0.2) is 268 Å². The zero-order valence-corrected chi connectivity index (χ0v) is 35.8. The van der Waals surface area contributed by atoms with E-state index in [2.05, 4.69) is 15.4 Å². The summed E-state index contributed by atoms with van der Waals surface area (Å²) in [5.74, 6) is -1.67. The maximum absolute atomic E-state index is 12.4. The molecular weight excluding hydrogens is 938 g/mol. The monoisotopic (exact) mass is 995 g/mol. The molecule has 25 atom stereocenters. The van der Waals surface area contributed by atoms with Gasteiger partial charge in [0.05, 0.1) is 19.8 Å². The Morgan fingerprint density at radius 2 is 0.824 bits per heavy atom. The van der Waals surface area contributed by atoms with Gasteiger partial charge in [0.2, 0.25) is 30.7 Å². The third kappa shape index (κ3) is 12.5. The van der Waals surface area contributed by atoms with Crippen molar-refractivity contribution in [1.29, 1.82) is 0 Å². The first-order valence-electron chi connectivity index (χ1n) is 20.7. The summed E-state index contributed by atoms with van der Waals surface area (Å²) in [6.07, 6.45) is -44.7. The second-order valence-corrected chi connectivity index (χ2v) is 15.7. The predicted octanol–water partition coefficient (Wildman–Crippen LogP) is -11.2. The van der Waals surface area contributed by atoms with Crippen molar-refractivity contribution in [2.45, 2.75) is 168 Å². The summed E-state index contributed by atoms with van der Waals surface area (Å²) in [7, 11) is 0. The van der Waals surface area contributed by atoms with E-state index in [1.165, 1.54) is 0 Å². The van der Waals surface area contributed by atoms with Crippen LogP contribution in [0, 0.1) is 0 Å². The molecule has 0 radical (unpaired) electrons. The molecule has 15 N–H and O–H groups in total. The normalized spacial score (nSPS) is 45.3. The van der Waals surface area contributed by atoms with Gasteiger partial charge in [-0.25, -0.2) is 0 Å². The maximum Gasteiger partial charge on any atom is 0.295 e. The average molecular weight is 996 g/mol. The molecule has 390 valence electrons. The Kier molecular flexibility index (Phi) is 20.4. The highest BCUT2D eigenvalue weighted by Gasteiger charge is 2.58. The Morgan fingerprint density at radius 1 is 0.471 bits per heavy atom. The number of carbonyl (C=O) groups excluding carboxylic acids is 5. The van der Waals surface area contributed by atoms with Crippen molar-refractivity contribution < 1.29 is 142 Å². The Hall–Kier alpha value is -3.53. The lowest BCUT2D eigenvalue weighted by Crippen LogP contribution is -2.70. The van der Waals surface area contributed by atoms with Gasteiger partial charge in [0.1, 0.15) is 91.4 Å². The van der Waals surface area contributed by atoms with Crippen molar-refractivity contribution in [2.24, 2.45) is 5.73 Å². The van der Waals surface area contributed by atoms with E-state index in [0.717, 1.165) is 13.8 Å². The number of hydrogen-bond acceptors (Lipinski definition) is 30. The number of aliphatic hydroxyl groups is 11. The maximum atomic E-state index is 12.4. The topological polar surface area (TPSA) is 478 Å². The van der Waals surface area contributed by atoms with E-state index in [4.69, 9.17) is 62.6 Å². The van der Waals surface area contributed by atoms with Crippen LogP contribution in [-0.2, 0) is 85.6 Å². The van der Waals surface area contributed by atoms with Gasteiger partial charge in [-0.1, -0.05) is 0 Å². The Bertz CT molecular complexity index is 1640. The molecule has 5 aliphatic heterocycles. The van der Waals surface area contributed by atoms with E-state index in [-0.39, 0.29) is 32.6 Å². The molecule has 5 fully saturated rings. The van der Waals surface area contributed by atoms with Crippen LogP contribution in [0.5, 0.6) is 0 Å². The number of amides is 2. The molecule has 0 bridgehead atoms.